The van der Waals surface area contributed by atoms with Crippen molar-refractivity contribution in [3.8, 4) is 0 Å². The first-order valence-corrected chi connectivity index (χ1v) is 7.79. The standard InChI is InChI=1S/C15H21BrN2O2/c1-12(13-3-5-14(16)6-4-13)18-8-2-7-17(9-10-18)11-15(19)20/h3-6,12H,2,7-11H2,1H3,(H,19,20). The molecule has 1 aromatic carbocycles. The fraction of sp³-hybridized carbons (Fsp3) is 0.533. The summed E-state index contributed by atoms with van der Waals surface area (Å²) in [6, 6.07) is 8.80. The molecule has 1 unspecified atom stereocenters. The van der Waals surface area contributed by atoms with Gasteiger partial charge in [0.15, 0.2) is 0 Å². The second-order valence-electron chi connectivity index (χ2n) is 5.29. The van der Waals surface area contributed by atoms with E-state index in [1.165, 1.54) is 5.56 Å². The molecule has 0 saturated carbocycles. The highest BCUT2D eigenvalue weighted by atomic mass is 79.9. The number of hydrogen-bond acceptors (Lipinski definition) is 3. The fourth-order valence-electron chi connectivity index (χ4n) is 2.68. The minimum atomic E-state index is -0.737. The van der Waals surface area contributed by atoms with Crippen molar-refractivity contribution >= 4 is 21.9 Å². The molecule has 1 aliphatic rings. The van der Waals surface area contributed by atoms with Crippen LogP contribution >= 0.6 is 15.9 Å². The van der Waals surface area contributed by atoms with Gasteiger partial charge >= 0.3 is 5.97 Å². The lowest BCUT2D eigenvalue weighted by atomic mass is 10.1. The van der Waals surface area contributed by atoms with E-state index in [1.54, 1.807) is 0 Å². The number of carboxylic acid groups (broad SMARTS) is 1. The highest BCUT2D eigenvalue weighted by Crippen LogP contribution is 2.23. The molecule has 1 atom stereocenters. The van der Waals surface area contributed by atoms with Crippen LogP contribution in [0.15, 0.2) is 28.7 Å². The summed E-state index contributed by atoms with van der Waals surface area (Å²) in [5.41, 5.74) is 1.31. The number of nitrogens with zero attached hydrogens (tertiary/aromatic N) is 2. The van der Waals surface area contributed by atoms with Gasteiger partial charge in [0.2, 0.25) is 0 Å². The molecule has 1 saturated heterocycles. The molecule has 4 nitrogen and oxygen atoms in total. The van der Waals surface area contributed by atoms with Gasteiger partial charge < -0.3 is 5.11 Å². The Morgan fingerprint density at radius 2 is 1.95 bits per heavy atom. The van der Waals surface area contributed by atoms with Gasteiger partial charge in [0.1, 0.15) is 0 Å². The number of halogens is 1. The summed E-state index contributed by atoms with van der Waals surface area (Å²) in [5.74, 6) is -0.737. The van der Waals surface area contributed by atoms with Gasteiger partial charge in [-0.15, -0.1) is 0 Å². The van der Waals surface area contributed by atoms with Crippen LogP contribution in [0.2, 0.25) is 0 Å². The van der Waals surface area contributed by atoms with Crippen LogP contribution < -0.4 is 0 Å². The van der Waals surface area contributed by atoms with Gasteiger partial charge in [0, 0.05) is 36.7 Å². The van der Waals surface area contributed by atoms with Crippen molar-refractivity contribution in [2.24, 2.45) is 0 Å². The van der Waals surface area contributed by atoms with E-state index in [4.69, 9.17) is 5.11 Å². The number of carbonyl (C=O) groups is 1. The van der Waals surface area contributed by atoms with E-state index in [0.29, 0.717) is 6.04 Å². The summed E-state index contributed by atoms with van der Waals surface area (Å²) in [6.07, 6.45) is 1.02. The predicted octanol–water partition coefficient (Wildman–Crippen LogP) is 2.60. The van der Waals surface area contributed by atoms with Crippen LogP contribution in [-0.4, -0.2) is 53.6 Å². The molecule has 0 aliphatic carbocycles. The molecule has 2 rings (SSSR count). The van der Waals surface area contributed by atoms with Crippen molar-refractivity contribution in [3.05, 3.63) is 34.3 Å². The maximum absolute atomic E-state index is 10.8. The van der Waals surface area contributed by atoms with E-state index < -0.39 is 5.97 Å². The molecule has 0 radical (unpaired) electrons. The monoisotopic (exact) mass is 340 g/mol. The van der Waals surface area contributed by atoms with Crippen molar-refractivity contribution in [3.63, 3.8) is 0 Å². The summed E-state index contributed by atoms with van der Waals surface area (Å²) in [5, 5.41) is 8.88. The molecule has 1 aliphatic heterocycles. The Kier molecular flexibility index (Phi) is 5.57. The zero-order valence-corrected chi connectivity index (χ0v) is 13.3. The van der Waals surface area contributed by atoms with Crippen LogP contribution in [0.3, 0.4) is 0 Å². The quantitative estimate of drug-likeness (QED) is 0.914. The van der Waals surface area contributed by atoms with E-state index in [-0.39, 0.29) is 6.54 Å². The summed E-state index contributed by atoms with van der Waals surface area (Å²) >= 11 is 3.46. The average molecular weight is 341 g/mol. The van der Waals surface area contributed by atoms with Crippen molar-refractivity contribution in [2.45, 2.75) is 19.4 Å². The topological polar surface area (TPSA) is 43.8 Å². The molecule has 1 fully saturated rings. The second-order valence-corrected chi connectivity index (χ2v) is 6.20. The third-order valence-corrected chi connectivity index (χ3v) is 4.41. The number of aliphatic carboxylic acids is 1. The van der Waals surface area contributed by atoms with Crippen LogP contribution in [0.4, 0.5) is 0 Å². The summed E-state index contributed by atoms with van der Waals surface area (Å²) in [4.78, 5) is 15.2. The Bertz CT molecular complexity index is 450. The van der Waals surface area contributed by atoms with Crippen LogP contribution in [0.25, 0.3) is 0 Å². The SMILES string of the molecule is CC(c1ccc(Br)cc1)N1CCCN(CC(=O)O)CC1. The normalized spacial score (nSPS) is 19.5. The predicted molar refractivity (Wildman–Crippen MR) is 82.8 cm³/mol. The van der Waals surface area contributed by atoms with Crippen molar-refractivity contribution in [1.82, 2.24) is 9.80 Å². The summed E-state index contributed by atoms with van der Waals surface area (Å²) < 4.78 is 1.09. The third-order valence-electron chi connectivity index (χ3n) is 3.88. The van der Waals surface area contributed by atoms with Gasteiger partial charge in [-0.25, -0.2) is 0 Å². The highest BCUT2D eigenvalue weighted by Gasteiger charge is 2.21. The first-order valence-electron chi connectivity index (χ1n) is 7.00. The molecule has 1 aromatic rings. The molecule has 0 aromatic heterocycles. The van der Waals surface area contributed by atoms with Crippen molar-refractivity contribution in [2.75, 3.05) is 32.7 Å². The smallest absolute Gasteiger partial charge is 0.317 e. The molecule has 110 valence electrons. The molecule has 20 heavy (non-hydrogen) atoms. The fourth-order valence-corrected chi connectivity index (χ4v) is 2.94. The Labute approximate surface area is 128 Å². The Balaban J connectivity index is 1.95. The molecule has 0 amide bonds. The largest absolute Gasteiger partial charge is 0.480 e. The van der Waals surface area contributed by atoms with Gasteiger partial charge in [-0.1, -0.05) is 28.1 Å². The number of hydrogen-bond donors (Lipinski definition) is 1. The zero-order chi connectivity index (χ0) is 14.5. The molecule has 0 spiro atoms. The lowest BCUT2D eigenvalue weighted by Crippen LogP contribution is -2.35. The molecule has 0 bridgehead atoms. The Hall–Kier alpha value is -0.910. The van der Waals surface area contributed by atoms with E-state index in [9.17, 15) is 4.79 Å². The second kappa shape index (κ2) is 7.20. The first-order chi connectivity index (χ1) is 9.56. The molecular weight excluding hydrogens is 320 g/mol. The van der Waals surface area contributed by atoms with Crippen molar-refractivity contribution in [1.29, 1.82) is 0 Å². The van der Waals surface area contributed by atoms with Crippen LogP contribution in [0.5, 0.6) is 0 Å². The van der Waals surface area contributed by atoms with Crippen LogP contribution in [0, 0.1) is 0 Å². The average Bonchev–Trinajstić information content (AvgIpc) is 2.64. The van der Waals surface area contributed by atoms with Gasteiger partial charge in [-0.2, -0.15) is 0 Å². The van der Waals surface area contributed by atoms with Gasteiger partial charge in [0.05, 0.1) is 6.54 Å². The number of carboxylic acids is 1. The van der Waals surface area contributed by atoms with E-state index in [1.807, 2.05) is 4.90 Å². The third kappa shape index (κ3) is 4.30. The molecule has 1 heterocycles. The minimum Gasteiger partial charge on any atom is -0.480 e. The Morgan fingerprint density at radius 3 is 2.60 bits per heavy atom. The molecule has 5 heteroatoms. The summed E-state index contributed by atoms with van der Waals surface area (Å²) in [6.45, 7) is 6.01. The van der Waals surface area contributed by atoms with Crippen molar-refractivity contribution < 1.29 is 9.90 Å². The van der Waals surface area contributed by atoms with E-state index >= 15 is 0 Å². The van der Waals surface area contributed by atoms with Crippen LogP contribution in [0.1, 0.15) is 24.9 Å². The lowest BCUT2D eigenvalue weighted by Gasteiger charge is -2.28. The Morgan fingerprint density at radius 1 is 1.25 bits per heavy atom. The maximum Gasteiger partial charge on any atom is 0.317 e. The lowest BCUT2D eigenvalue weighted by molar-refractivity contribution is -0.138. The van der Waals surface area contributed by atoms with E-state index in [0.717, 1.165) is 37.1 Å². The highest BCUT2D eigenvalue weighted by molar-refractivity contribution is 9.10. The maximum atomic E-state index is 10.8. The number of benzene rings is 1. The number of rotatable bonds is 4. The zero-order valence-electron chi connectivity index (χ0n) is 11.8. The van der Waals surface area contributed by atoms with Gasteiger partial charge in [-0.05, 0) is 31.0 Å². The van der Waals surface area contributed by atoms with Crippen LogP contribution in [-0.2, 0) is 4.79 Å². The minimum absolute atomic E-state index is 0.153. The summed E-state index contributed by atoms with van der Waals surface area (Å²) in [7, 11) is 0. The molecule has 1 N–H and O–H groups in total. The molecular formula is C15H21BrN2O2. The first kappa shape index (κ1) is 15.5. The van der Waals surface area contributed by atoms with E-state index in [2.05, 4.69) is 52.0 Å². The van der Waals surface area contributed by atoms with Gasteiger partial charge in [-0.3, -0.25) is 14.6 Å². The van der Waals surface area contributed by atoms with Gasteiger partial charge in [0.25, 0.3) is 0 Å².